The smallest absolute Gasteiger partial charge is 0.273 e. The molecule has 0 amide bonds. The van der Waals surface area contributed by atoms with Crippen LogP contribution in [0.15, 0.2) is 23.0 Å². The molecule has 1 aromatic carbocycles. The first kappa shape index (κ1) is 12.3. The van der Waals surface area contributed by atoms with Crippen molar-refractivity contribution in [3.8, 4) is 11.3 Å². The number of nitrogens with zero attached hydrogens (tertiary/aromatic N) is 1. The second-order valence-electron chi connectivity index (χ2n) is 5.71. The fourth-order valence-electron chi connectivity index (χ4n) is 3.67. The number of aromatic amines is 1. The van der Waals surface area contributed by atoms with Crippen molar-refractivity contribution in [2.45, 2.75) is 32.1 Å². The third kappa shape index (κ3) is 1.67. The molecule has 0 saturated heterocycles. The van der Waals surface area contributed by atoms with Crippen LogP contribution in [0.4, 0.5) is 5.69 Å². The van der Waals surface area contributed by atoms with Crippen molar-refractivity contribution in [1.29, 1.82) is 0 Å². The van der Waals surface area contributed by atoms with Gasteiger partial charge >= 0.3 is 0 Å². The number of rotatable bonds is 1. The Morgan fingerprint density at radius 2 is 1.81 bits per heavy atom. The SMILES string of the molecule is O=c1[nH]c2c(c3c1CCCC3)Cc1c-2cccc1[N+](=O)[O-]. The standard InChI is InChI=1S/C16H14N2O3/c19-16-11-5-2-1-4-9(11)13-8-12-10(15(13)17-16)6-3-7-14(12)18(20)21/h3,6-7H,1-2,4-5,8H2,(H,17,19). The lowest BCUT2D eigenvalue weighted by molar-refractivity contribution is -0.385. The normalized spacial score (nSPS) is 15.2. The summed E-state index contributed by atoms with van der Waals surface area (Å²) in [4.78, 5) is 26.1. The molecule has 0 atom stereocenters. The van der Waals surface area contributed by atoms with Gasteiger partial charge in [-0.1, -0.05) is 12.1 Å². The van der Waals surface area contributed by atoms with E-state index in [1.54, 1.807) is 6.07 Å². The number of hydrogen-bond acceptors (Lipinski definition) is 3. The number of nitro benzene ring substituents is 1. The van der Waals surface area contributed by atoms with E-state index in [9.17, 15) is 14.9 Å². The van der Waals surface area contributed by atoms with Gasteiger partial charge < -0.3 is 4.98 Å². The minimum absolute atomic E-state index is 0.0252. The van der Waals surface area contributed by atoms with Crippen molar-refractivity contribution in [2.75, 3.05) is 0 Å². The van der Waals surface area contributed by atoms with E-state index in [1.165, 1.54) is 6.07 Å². The predicted octanol–water partition coefficient (Wildman–Crippen LogP) is 2.73. The summed E-state index contributed by atoms with van der Waals surface area (Å²) >= 11 is 0. The van der Waals surface area contributed by atoms with Gasteiger partial charge in [-0.15, -0.1) is 0 Å². The summed E-state index contributed by atoms with van der Waals surface area (Å²) in [6.07, 6.45) is 4.41. The molecule has 1 N–H and O–H groups in total. The number of H-pyrrole nitrogens is 1. The molecular weight excluding hydrogens is 268 g/mol. The van der Waals surface area contributed by atoms with E-state index in [0.717, 1.165) is 59.2 Å². The lowest BCUT2D eigenvalue weighted by atomic mass is 9.88. The molecule has 5 nitrogen and oxygen atoms in total. The van der Waals surface area contributed by atoms with Crippen LogP contribution in [0.1, 0.15) is 35.1 Å². The number of benzene rings is 1. The summed E-state index contributed by atoms with van der Waals surface area (Å²) in [5.41, 5.74) is 5.56. The molecule has 106 valence electrons. The van der Waals surface area contributed by atoms with E-state index < -0.39 is 0 Å². The van der Waals surface area contributed by atoms with Crippen molar-refractivity contribution in [3.05, 3.63) is 60.9 Å². The molecule has 0 saturated carbocycles. The average Bonchev–Trinajstić information content (AvgIpc) is 2.86. The maximum Gasteiger partial charge on any atom is 0.273 e. The van der Waals surface area contributed by atoms with Crippen LogP contribution in [0.2, 0.25) is 0 Å². The van der Waals surface area contributed by atoms with Gasteiger partial charge in [0.25, 0.3) is 11.2 Å². The van der Waals surface area contributed by atoms with Gasteiger partial charge in [0.1, 0.15) is 0 Å². The number of aromatic nitrogens is 1. The molecule has 1 aromatic heterocycles. The summed E-state index contributed by atoms with van der Waals surface area (Å²) in [5, 5.41) is 11.2. The third-order valence-electron chi connectivity index (χ3n) is 4.62. The molecule has 0 unspecified atom stereocenters. The number of nitro groups is 1. The maximum absolute atomic E-state index is 12.3. The first-order valence-corrected chi connectivity index (χ1v) is 7.20. The van der Waals surface area contributed by atoms with Crippen molar-refractivity contribution >= 4 is 5.69 Å². The Morgan fingerprint density at radius 3 is 2.57 bits per heavy atom. The zero-order valence-electron chi connectivity index (χ0n) is 11.4. The molecular formula is C16H14N2O3. The van der Waals surface area contributed by atoms with E-state index in [-0.39, 0.29) is 16.2 Å². The molecule has 0 radical (unpaired) electrons. The summed E-state index contributed by atoms with van der Waals surface area (Å²) < 4.78 is 0. The van der Waals surface area contributed by atoms with Crippen molar-refractivity contribution < 1.29 is 4.92 Å². The quantitative estimate of drug-likeness (QED) is 0.550. The van der Waals surface area contributed by atoms with Gasteiger partial charge in [-0.3, -0.25) is 14.9 Å². The Balaban J connectivity index is 2.00. The molecule has 4 rings (SSSR count). The highest BCUT2D eigenvalue weighted by Crippen LogP contribution is 2.42. The van der Waals surface area contributed by atoms with Gasteiger partial charge in [-0.2, -0.15) is 0 Å². The molecule has 0 bridgehead atoms. The van der Waals surface area contributed by atoms with E-state index in [1.807, 2.05) is 6.07 Å². The zero-order valence-corrected chi connectivity index (χ0v) is 11.4. The van der Waals surface area contributed by atoms with Crippen molar-refractivity contribution in [1.82, 2.24) is 4.98 Å². The highest BCUT2D eigenvalue weighted by Gasteiger charge is 2.31. The third-order valence-corrected chi connectivity index (χ3v) is 4.62. The van der Waals surface area contributed by atoms with Crippen LogP contribution >= 0.6 is 0 Å². The minimum atomic E-state index is -0.338. The Morgan fingerprint density at radius 1 is 1.05 bits per heavy atom. The summed E-state index contributed by atoms with van der Waals surface area (Å²) in [6.45, 7) is 0. The maximum atomic E-state index is 12.3. The molecule has 0 fully saturated rings. The topological polar surface area (TPSA) is 76.0 Å². The van der Waals surface area contributed by atoms with Crippen LogP contribution in [0.5, 0.6) is 0 Å². The van der Waals surface area contributed by atoms with Crippen LogP contribution in [-0.2, 0) is 19.3 Å². The molecule has 0 aliphatic heterocycles. The van der Waals surface area contributed by atoms with Crippen molar-refractivity contribution in [2.24, 2.45) is 0 Å². The molecule has 5 heteroatoms. The zero-order chi connectivity index (χ0) is 14.6. The lowest BCUT2D eigenvalue weighted by Gasteiger charge is -2.18. The largest absolute Gasteiger partial charge is 0.321 e. The van der Waals surface area contributed by atoms with Gasteiger partial charge in [0.05, 0.1) is 10.6 Å². The number of fused-ring (bicyclic) bond motifs is 5. The highest BCUT2D eigenvalue weighted by atomic mass is 16.6. The van der Waals surface area contributed by atoms with Gasteiger partial charge in [0.15, 0.2) is 0 Å². The van der Waals surface area contributed by atoms with Gasteiger partial charge in [0, 0.05) is 29.2 Å². The molecule has 2 aliphatic rings. The highest BCUT2D eigenvalue weighted by molar-refractivity contribution is 5.79. The van der Waals surface area contributed by atoms with Crippen molar-refractivity contribution in [3.63, 3.8) is 0 Å². The molecule has 1 heterocycles. The number of nitrogens with one attached hydrogen (secondary N) is 1. The predicted molar refractivity (Wildman–Crippen MR) is 78.6 cm³/mol. The van der Waals surface area contributed by atoms with Gasteiger partial charge in [-0.25, -0.2) is 0 Å². The van der Waals surface area contributed by atoms with E-state index >= 15 is 0 Å². The van der Waals surface area contributed by atoms with Crippen LogP contribution in [0, 0.1) is 10.1 Å². The summed E-state index contributed by atoms with van der Waals surface area (Å²) in [7, 11) is 0. The molecule has 2 aromatic rings. The molecule has 21 heavy (non-hydrogen) atoms. The van der Waals surface area contributed by atoms with Crippen LogP contribution < -0.4 is 5.56 Å². The second-order valence-corrected chi connectivity index (χ2v) is 5.71. The fourth-order valence-corrected chi connectivity index (χ4v) is 3.67. The van der Waals surface area contributed by atoms with Gasteiger partial charge in [-0.05, 0) is 36.8 Å². The Kier molecular flexibility index (Phi) is 2.51. The fraction of sp³-hybridized carbons (Fsp3) is 0.312. The first-order valence-electron chi connectivity index (χ1n) is 7.20. The summed E-state index contributed by atoms with van der Waals surface area (Å²) in [5.74, 6) is 0. The number of pyridine rings is 1. The molecule has 0 spiro atoms. The van der Waals surface area contributed by atoms with E-state index in [0.29, 0.717) is 6.42 Å². The van der Waals surface area contributed by atoms with E-state index in [4.69, 9.17) is 0 Å². The second kappa shape index (κ2) is 4.28. The first-order chi connectivity index (χ1) is 10.2. The Bertz CT molecular complexity index is 836. The van der Waals surface area contributed by atoms with Gasteiger partial charge in [0.2, 0.25) is 0 Å². The van der Waals surface area contributed by atoms with Crippen LogP contribution in [-0.4, -0.2) is 9.91 Å². The number of hydrogen-bond donors (Lipinski definition) is 1. The van der Waals surface area contributed by atoms with Crippen LogP contribution in [0.25, 0.3) is 11.3 Å². The molecule has 2 aliphatic carbocycles. The lowest BCUT2D eigenvalue weighted by Crippen LogP contribution is -2.21. The average molecular weight is 282 g/mol. The summed E-state index contributed by atoms with van der Waals surface area (Å²) in [6, 6.07) is 5.08. The minimum Gasteiger partial charge on any atom is -0.321 e. The van der Waals surface area contributed by atoms with Crippen LogP contribution in [0.3, 0.4) is 0 Å². The Hall–Kier alpha value is -2.43. The monoisotopic (exact) mass is 282 g/mol. The van der Waals surface area contributed by atoms with E-state index in [2.05, 4.69) is 4.98 Å². The Labute approximate surface area is 120 Å².